The van der Waals surface area contributed by atoms with Crippen LogP contribution in [0, 0.1) is 0 Å². The molecule has 0 spiro atoms. The maximum absolute atomic E-state index is 12.4. The van der Waals surface area contributed by atoms with Gasteiger partial charge in [-0.05, 0) is 43.4 Å². The van der Waals surface area contributed by atoms with Crippen LogP contribution >= 0.6 is 22.7 Å². The summed E-state index contributed by atoms with van der Waals surface area (Å²) in [7, 11) is -3.71. The lowest BCUT2D eigenvalue weighted by Crippen LogP contribution is -2.36. The minimum Gasteiger partial charge on any atom is -0.478 e. The molecule has 0 aliphatic carbocycles. The van der Waals surface area contributed by atoms with Gasteiger partial charge in [0.25, 0.3) is 0 Å². The Morgan fingerprint density at radius 2 is 2.08 bits per heavy atom. The second-order valence-corrected chi connectivity index (χ2v) is 9.47. The number of carboxylic acid groups (broad SMARTS) is 1. The first-order valence-corrected chi connectivity index (χ1v) is 10.8. The van der Waals surface area contributed by atoms with Crippen LogP contribution in [0.15, 0.2) is 33.2 Å². The van der Waals surface area contributed by atoms with Crippen molar-refractivity contribution in [1.82, 2.24) is 9.62 Å². The highest BCUT2D eigenvalue weighted by Gasteiger charge is 2.27. The van der Waals surface area contributed by atoms with Crippen molar-refractivity contribution in [3.8, 4) is 0 Å². The van der Waals surface area contributed by atoms with Crippen molar-refractivity contribution in [2.24, 2.45) is 0 Å². The number of carboxylic acids is 1. The second-order valence-electron chi connectivity index (χ2n) is 5.59. The van der Waals surface area contributed by atoms with E-state index in [1.807, 2.05) is 17.5 Å². The topological polar surface area (TPSA) is 86.7 Å². The minimum absolute atomic E-state index is 0.00488. The number of hydrogen-bond donors (Lipinski definition) is 2. The van der Waals surface area contributed by atoms with Crippen LogP contribution in [0.3, 0.4) is 0 Å². The van der Waals surface area contributed by atoms with Crippen molar-refractivity contribution < 1.29 is 18.3 Å². The van der Waals surface area contributed by atoms with Gasteiger partial charge in [0.05, 0.1) is 11.6 Å². The maximum Gasteiger partial charge on any atom is 0.336 e. The van der Waals surface area contributed by atoms with Gasteiger partial charge in [0.15, 0.2) is 0 Å². The Balaban J connectivity index is 1.74. The Kier molecular flexibility index (Phi) is 5.36. The molecule has 130 valence electrons. The van der Waals surface area contributed by atoms with Crippen molar-refractivity contribution in [3.05, 3.63) is 39.4 Å². The van der Waals surface area contributed by atoms with E-state index in [1.54, 1.807) is 11.3 Å². The summed E-state index contributed by atoms with van der Waals surface area (Å²) in [6.07, 6.45) is 2.25. The molecule has 3 rings (SSSR count). The van der Waals surface area contributed by atoms with Crippen LogP contribution in [0.25, 0.3) is 0 Å². The molecule has 9 heteroatoms. The molecule has 6 nitrogen and oxygen atoms in total. The average molecular weight is 387 g/mol. The summed E-state index contributed by atoms with van der Waals surface area (Å²) in [5.74, 6) is -1.12. The number of hydrogen-bond acceptors (Lipinski definition) is 6. The lowest BCUT2D eigenvalue weighted by molar-refractivity contribution is 0.0697. The monoisotopic (exact) mass is 386 g/mol. The van der Waals surface area contributed by atoms with Gasteiger partial charge in [-0.1, -0.05) is 6.07 Å². The number of nitrogens with one attached hydrogen (secondary N) is 1. The van der Waals surface area contributed by atoms with Gasteiger partial charge in [0, 0.05) is 16.8 Å². The van der Waals surface area contributed by atoms with E-state index in [-0.39, 0.29) is 22.4 Å². The SMILES string of the molecule is O=C(O)c1csc(S(=O)(=O)NCC(c2cccs2)N2CCCC2)c1. The van der Waals surface area contributed by atoms with Crippen molar-refractivity contribution in [2.75, 3.05) is 19.6 Å². The van der Waals surface area contributed by atoms with Gasteiger partial charge in [-0.25, -0.2) is 17.9 Å². The number of sulfonamides is 1. The highest BCUT2D eigenvalue weighted by atomic mass is 32.2. The Hall–Kier alpha value is -1.26. The Labute approximate surface area is 148 Å². The average Bonchev–Trinajstić information content (AvgIpc) is 3.30. The van der Waals surface area contributed by atoms with Gasteiger partial charge in [-0.2, -0.15) is 0 Å². The maximum atomic E-state index is 12.4. The summed E-state index contributed by atoms with van der Waals surface area (Å²) in [5.41, 5.74) is -0.00488. The third-order valence-electron chi connectivity index (χ3n) is 4.01. The van der Waals surface area contributed by atoms with Gasteiger partial charge in [0.2, 0.25) is 10.0 Å². The van der Waals surface area contributed by atoms with E-state index in [0.29, 0.717) is 0 Å². The quantitative estimate of drug-likeness (QED) is 0.764. The first kappa shape index (κ1) is 17.6. The molecule has 0 radical (unpaired) electrons. The summed E-state index contributed by atoms with van der Waals surface area (Å²) in [5, 5.41) is 12.3. The molecule has 0 amide bonds. The summed E-state index contributed by atoms with van der Waals surface area (Å²) in [6, 6.07) is 5.21. The molecule has 1 fully saturated rings. The number of aromatic carboxylic acids is 1. The first-order chi connectivity index (χ1) is 11.5. The number of thiophene rings is 2. The van der Waals surface area contributed by atoms with Crippen LogP contribution in [-0.2, 0) is 10.0 Å². The van der Waals surface area contributed by atoms with Crippen LogP contribution in [0.2, 0.25) is 0 Å². The minimum atomic E-state index is -3.71. The predicted molar refractivity (Wildman–Crippen MR) is 94.3 cm³/mol. The molecular formula is C15H18N2O4S3. The fourth-order valence-corrected chi connectivity index (χ4v) is 5.87. The van der Waals surface area contributed by atoms with Gasteiger partial charge >= 0.3 is 5.97 Å². The number of rotatable bonds is 7. The molecular weight excluding hydrogens is 368 g/mol. The van der Waals surface area contributed by atoms with Crippen LogP contribution in [-0.4, -0.2) is 44.0 Å². The van der Waals surface area contributed by atoms with E-state index in [0.717, 1.165) is 42.1 Å². The van der Waals surface area contributed by atoms with E-state index >= 15 is 0 Å². The van der Waals surface area contributed by atoms with Crippen molar-refractivity contribution in [3.63, 3.8) is 0 Å². The normalized spacial score (nSPS) is 17.2. The van der Waals surface area contributed by atoms with E-state index in [9.17, 15) is 13.2 Å². The summed E-state index contributed by atoms with van der Waals surface area (Å²) >= 11 is 2.54. The molecule has 1 atom stereocenters. The molecule has 0 bridgehead atoms. The molecule has 1 saturated heterocycles. The summed E-state index contributed by atoms with van der Waals surface area (Å²) in [4.78, 5) is 14.4. The molecule has 1 aliphatic rings. The molecule has 2 aromatic heterocycles. The molecule has 1 aliphatic heterocycles. The zero-order valence-electron chi connectivity index (χ0n) is 12.8. The fraction of sp³-hybridized carbons (Fsp3) is 0.400. The Bertz CT molecular complexity index is 793. The Morgan fingerprint density at radius 1 is 1.33 bits per heavy atom. The third kappa shape index (κ3) is 3.86. The molecule has 2 aromatic rings. The predicted octanol–water partition coefficient (Wildman–Crippen LogP) is 2.62. The molecule has 24 heavy (non-hydrogen) atoms. The number of nitrogens with zero attached hydrogens (tertiary/aromatic N) is 1. The molecule has 1 unspecified atom stereocenters. The van der Waals surface area contributed by atoms with E-state index in [2.05, 4.69) is 9.62 Å². The lowest BCUT2D eigenvalue weighted by Gasteiger charge is -2.26. The number of carbonyl (C=O) groups is 1. The fourth-order valence-electron chi connectivity index (χ4n) is 2.77. The standard InChI is InChI=1S/C15H18N2O4S3/c18-15(19)11-8-14(23-10-11)24(20,21)16-9-12(13-4-3-7-22-13)17-5-1-2-6-17/h3-4,7-8,10,12,16H,1-2,5-6,9H2,(H,18,19). The summed E-state index contributed by atoms with van der Waals surface area (Å²) < 4.78 is 27.6. The molecule has 3 heterocycles. The van der Waals surface area contributed by atoms with E-state index in [4.69, 9.17) is 5.11 Å². The first-order valence-electron chi connectivity index (χ1n) is 7.56. The molecule has 0 aromatic carbocycles. The Morgan fingerprint density at radius 3 is 2.67 bits per heavy atom. The van der Waals surface area contributed by atoms with Crippen molar-refractivity contribution in [2.45, 2.75) is 23.1 Å². The third-order valence-corrected chi connectivity index (χ3v) is 7.84. The van der Waals surface area contributed by atoms with Gasteiger partial charge in [0.1, 0.15) is 4.21 Å². The van der Waals surface area contributed by atoms with Crippen LogP contribution in [0.5, 0.6) is 0 Å². The van der Waals surface area contributed by atoms with Crippen LogP contribution in [0.1, 0.15) is 34.1 Å². The molecule has 2 N–H and O–H groups in total. The summed E-state index contributed by atoms with van der Waals surface area (Å²) in [6.45, 7) is 2.21. The lowest BCUT2D eigenvalue weighted by atomic mass is 10.2. The van der Waals surface area contributed by atoms with Crippen molar-refractivity contribution >= 4 is 38.7 Å². The van der Waals surface area contributed by atoms with Gasteiger partial charge < -0.3 is 5.11 Å². The number of likely N-dealkylation sites (tertiary alicyclic amines) is 1. The smallest absolute Gasteiger partial charge is 0.336 e. The van der Waals surface area contributed by atoms with E-state index in [1.165, 1.54) is 11.4 Å². The van der Waals surface area contributed by atoms with Crippen LogP contribution in [0.4, 0.5) is 0 Å². The van der Waals surface area contributed by atoms with Crippen molar-refractivity contribution in [1.29, 1.82) is 0 Å². The second kappa shape index (κ2) is 7.32. The zero-order valence-corrected chi connectivity index (χ0v) is 15.3. The van der Waals surface area contributed by atoms with Gasteiger partial charge in [-0.15, -0.1) is 22.7 Å². The van der Waals surface area contributed by atoms with E-state index < -0.39 is 16.0 Å². The van der Waals surface area contributed by atoms with Gasteiger partial charge in [-0.3, -0.25) is 4.90 Å². The van der Waals surface area contributed by atoms with Crippen LogP contribution < -0.4 is 4.72 Å². The highest BCUT2D eigenvalue weighted by molar-refractivity contribution is 7.91. The molecule has 0 saturated carbocycles. The highest BCUT2D eigenvalue weighted by Crippen LogP contribution is 2.28. The largest absolute Gasteiger partial charge is 0.478 e. The zero-order chi connectivity index (χ0) is 17.2.